The SMILES string of the molecule is CCC1C[C@H]2CC(=O)NC[C@H]2C1.CN(c1ncnc2[nH]ccc12)[C@@H]1C[C@H]2CCC(=O)C[C@H]2C1.CN(c1ncnc2[nH]ccc12)[C@@H]1C[C@H]2CCC(=O)C[C@H]2C1.CN(c1ncnc2[nH]ccc12)[C@H]1C[C@H]2CCC(=O)C[C@H]2C1.CN(c1ncnc2[nH]ccc12)[C@H]1C[C@H]2CCC(=O)C[C@H]2C1.Clc1ncnc2[nH]ccc12.O=C1C[C@@H]2CNC(=O)C[C@@H]2C1. The number of hydrogen-bond acceptors (Lipinski definition) is 21. The molecule has 12 aliphatic rings. The number of piperidine rings is 2. The van der Waals surface area contributed by atoms with Crippen molar-refractivity contribution in [2.75, 3.05) is 60.9 Å². The lowest BCUT2D eigenvalue weighted by molar-refractivity contribution is -0.125. The standard InChI is InChI=1S/4C16H20N4O.C10H17NO.C8H11NO2.C6H4ClN3/c4*1-20(16-14-4-5-17-15(14)18-9-19-16)12-6-10-2-3-13(21)8-11(10)7-12;1-2-7-3-8-5-10(12)11-6-9(8)4-7;10-7-1-5-3-8(11)9-4-6(5)2-7;7-5-4-1-2-8-6(4)10-3-9-5/h4*4-5,9-12H,2-3,6-8H2,1H3,(H,17,18,19);7-9H,2-6H2,1H3,(H,11,12);5-6H,1-4H2,(H,9,11);1-3H,(H,8,9,10)/t2*10-,11-,12+;2*10-,11-,12-;7?,8-,9+;5-,6+;/m111100./s1. The van der Waals surface area contributed by atoms with Crippen molar-refractivity contribution in [3.63, 3.8) is 0 Å². The maximum atomic E-state index is 11.7. The zero-order chi connectivity index (χ0) is 81.0. The van der Waals surface area contributed by atoms with Gasteiger partial charge in [0.2, 0.25) is 11.8 Å². The van der Waals surface area contributed by atoms with E-state index in [0.717, 1.165) is 236 Å². The van der Waals surface area contributed by atoms with Crippen LogP contribution >= 0.6 is 11.6 Å². The second kappa shape index (κ2) is 36.0. The van der Waals surface area contributed by atoms with Gasteiger partial charge in [-0.3, -0.25) is 33.6 Å². The van der Waals surface area contributed by atoms with Crippen LogP contribution in [0.5, 0.6) is 0 Å². The van der Waals surface area contributed by atoms with Gasteiger partial charge in [0.25, 0.3) is 0 Å². The summed E-state index contributed by atoms with van der Waals surface area (Å²) in [5.74, 6) is 14.9. The first-order valence-corrected chi connectivity index (χ1v) is 43.3. The van der Waals surface area contributed by atoms with Gasteiger partial charge in [-0.2, -0.15) is 0 Å². The molecule has 22 rings (SSSR count). The van der Waals surface area contributed by atoms with Crippen LogP contribution in [0, 0.1) is 76.9 Å². The van der Waals surface area contributed by atoms with Gasteiger partial charge in [0.1, 0.15) is 117 Å². The third kappa shape index (κ3) is 18.3. The molecule has 0 radical (unpaired) electrons. The average Bonchev–Trinajstić information content (AvgIpc) is 1.67. The fraction of sp³-hybridized carbons (Fsp3) is 0.580. The van der Waals surface area contributed by atoms with Crippen molar-refractivity contribution in [2.24, 2.45) is 76.9 Å². The topological polar surface area (TPSA) is 364 Å². The molecule has 10 aromatic heterocycles. The van der Waals surface area contributed by atoms with Crippen molar-refractivity contribution in [2.45, 2.75) is 204 Å². The predicted molar refractivity (Wildman–Crippen MR) is 450 cm³/mol. The molecule has 2 amide bonds. The molecule has 17 atom stereocenters. The molecule has 1 unspecified atom stereocenters. The Balaban J connectivity index is 0.000000104. The van der Waals surface area contributed by atoms with Gasteiger partial charge in [-0.05, 0) is 197 Å². The maximum Gasteiger partial charge on any atom is 0.220 e. The lowest BCUT2D eigenvalue weighted by atomic mass is 9.81. The Hall–Kier alpha value is -10.1. The Morgan fingerprint density at radius 2 is 0.590 bits per heavy atom. The summed E-state index contributed by atoms with van der Waals surface area (Å²) in [4.78, 5) is 147. The number of aromatic amines is 5. The Kier molecular flexibility index (Phi) is 24.8. The van der Waals surface area contributed by atoms with Gasteiger partial charge in [-0.25, -0.2) is 49.8 Å². The van der Waals surface area contributed by atoms with E-state index in [1.807, 2.05) is 55.1 Å². The number of halogens is 1. The van der Waals surface area contributed by atoms with Crippen molar-refractivity contribution in [1.82, 2.24) is 85.4 Å². The van der Waals surface area contributed by atoms with E-state index in [2.05, 4.69) is 140 Å². The highest BCUT2D eigenvalue weighted by molar-refractivity contribution is 6.33. The van der Waals surface area contributed by atoms with Gasteiger partial charge >= 0.3 is 0 Å². The Labute approximate surface area is 686 Å². The molecule has 0 bridgehead atoms. The van der Waals surface area contributed by atoms with Crippen molar-refractivity contribution in [3.05, 3.63) is 98.1 Å². The van der Waals surface area contributed by atoms with Crippen LogP contribution < -0.4 is 30.2 Å². The number of rotatable bonds is 9. The van der Waals surface area contributed by atoms with Crippen LogP contribution in [0.25, 0.3) is 55.2 Å². The summed E-state index contributed by atoms with van der Waals surface area (Å²) >= 11 is 5.73. The molecule has 29 heteroatoms. The minimum atomic E-state index is 0.112. The summed E-state index contributed by atoms with van der Waals surface area (Å²) in [6.07, 6.45) is 43.8. The number of aromatic nitrogens is 15. The molecule has 28 nitrogen and oxygen atoms in total. The molecule has 12 fully saturated rings. The van der Waals surface area contributed by atoms with Crippen molar-refractivity contribution >= 4 is 131 Å². The van der Waals surface area contributed by atoms with Gasteiger partial charge < -0.3 is 55.2 Å². The Bertz CT molecular complexity index is 4720. The number of nitrogens with zero attached hydrogens (tertiary/aromatic N) is 14. The summed E-state index contributed by atoms with van der Waals surface area (Å²) in [6.45, 7) is 3.92. The van der Waals surface area contributed by atoms with Crippen LogP contribution in [-0.4, -0.2) is 181 Å². The van der Waals surface area contributed by atoms with Crippen molar-refractivity contribution in [3.8, 4) is 0 Å². The minimum Gasteiger partial charge on any atom is -0.356 e. The fourth-order valence-electron chi connectivity index (χ4n) is 22.2. The number of H-pyrrole nitrogens is 5. The van der Waals surface area contributed by atoms with E-state index >= 15 is 0 Å². The zero-order valence-electron chi connectivity index (χ0n) is 68.0. The summed E-state index contributed by atoms with van der Waals surface area (Å²) in [5.41, 5.74) is 4.32. The van der Waals surface area contributed by atoms with Gasteiger partial charge in [0.15, 0.2) is 0 Å². The number of fused-ring (bicyclic) bond motifs is 11. The molecule has 117 heavy (non-hydrogen) atoms. The number of carbonyl (C=O) groups excluding carboxylic acids is 7. The molecular formula is C88H112ClN21O7. The monoisotopic (exact) mass is 1610 g/mol. The summed E-state index contributed by atoms with van der Waals surface area (Å²) in [7, 11) is 8.49. The molecule has 2 saturated heterocycles. The summed E-state index contributed by atoms with van der Waals surface area (Å²) in [6, 6.07) is 11.9. The van der Waals surface area contributed by atoms with E-state index in [9.17, 15) is 33.6 Å². The maximum absolute atomic E-state index is 11.7. The van der Waals surface area contributed by atoms with Gasteiger partial charge in [0, 0.05) is 173 Å². The Morgan fingerprint density at radius 3 is 0.932 bits per heavy atom. The van der Waals surface area contributed by atoms with Crippen LogP contribution in [0.3, 0.4) is 0 Å². The van der Waals surface area contributed by atoms with Crippen molar-refractivity contribution < 1.29 is 33.6 Å². The molecule has 2 aliphatic heterocycles. The molecule has 10 aliphatic carbocycles. The van der Waals surface area contributed by atoms with Crippen LogP contribution in [-0.2, 0) is 33.6 Å². The molecule has 0 spiro atoms. The molecular weight excluding hydrogens is 1500 g/mol. The molecule has 10 saturated carbocycles. The predicted octanol–water partition coefficient (Wildman–Crippen LogP) is 13.4. The normalized spacial score (nSPS) is 29.2. The molecule has 7 N–H and O–H groups in total. The highest BCUT2D eigenvalue weighted by atomic mass is 35.5. The highest BCUT2D eigenvalue weighted by Gasteiger charge is 2.45. The minimum absolute atomic E-state index is 0.112. The lowest BCUT2D eigenvalue weighted by Crippen LogP contribution is -2.38. The number of anilines is 4. The molecule has 0 aromatic carbocycles. The first kappa shape index (κ1) is 80.7. The molecule has 618 valence electrons. The number of nitrogens with one attached hydrogen (secondary N) is 7. The second-order valence-corrected chi connectivity index (χ2v) is 35.9. The largest absolute Gasteiger partial charge is 0.356 e. The van der Waals surface area contributed by atoms with Crippen LogP contribution in [0.15, 0.2) is 93.0 Å². The van der Waals surface area contributed by atoms with Crippen LogP contribution in [0.4, 0.5) is 23.3 Å². The van der Waals surface area contributed by atoms with Gasteiger partial charge in [0.05, 0.1) is 26.9 Å². The average molecular weight is 1610 g/mol. The smallest absolute Gasteiger partial charge is 0.220 e. The number of carbonyl (C=O) groups is 7. The lowest BCUT2D eigenvalue weighted by Gasteiger charge is -2.26. The summed E-state index contributed by atoms with van der Waals surface area (Å²) < 4.78 is 0. The number of ketones is 5. The Morgan fingerprint density at radius 1 is 0.316 bits per heavy atom. The van der Waals surface area contributed by atoms with Gasteiger partial charge in [-0.15, -0.1) is 0 Å². The van der Waals surface area contributed by atoms with Gasteiger partial charge in [-0.1, -0.05) is 24.9 Å². The van der Waals surface area contributed by atoms with E-state index in [-0.39, 0.29) is 11.8 Å². The van der Waals surface area contributed by atoms with E-state index in [4.69, 9.17) is 11.6 Å². The fourth-order valence-corrected chi connectivity index (χ4v) is 22.4. The third-order valence-electron chi connectivity index (χ3n) is 28.7. The van der Waals surface area contributed by atoms with Crippen LogP contribution in [0.2, 0.25) is 5.15 Å². The van der Waals surface area contributed by atoms with E-state index in [0.29, 0.717) is 119 Å². The summed E-state index contributed by atoms with van der Waals surface area (Å²) in [5, 5.41) is 11.4. The third-order valence-corrected chi connectivity index (χ3v) is 29.0. The second-order valence-electron chi connectivity index (χ2n) is 35.6. The number of Topliss-reactive ketones (excluding diaryl/α,β-unsaturated/α-hetero) is 5. The zero-order valence-corrected chi connectivity index (χ0v) is 68.7. The number of hydrogen-bond donors (Lipinski definition) is 7. The highest BCUT2D eigenvalue weighted by Crippen LogP contribution is 2.49. The number of amides is 2. The van der Waals surface area contributed by atoms with E-state index in [1.165, 1.54) is 51.3 Å². The van der Waals surface area contributed by atoms with Crippen molar-refractivity contribution in [1.29, 1.82) is 0 Å². The first-order chi connectivity index (χ1) is 56.8. The van der Waals surface area contributed by atoms with E-state index in [1.54, 1.807) is 31.5 Å². The van der Waals surface area contributed by atoms with Crippen LogP contribution in [0.1, 0.15) is 180 Å². The molecule has 10 aromatic rings. The van der Waals surface area contributed by atoms with E-state index < -0.39 is 0 Å². The quantitative estimate of drug-likeness (QED) is 0.0660. The molecule has 12 heterocycles. The first-order valence-electron chi connectivity index (χ1n) is 42.9.